The number of aromatic nitrogens is 2. The number of carbonyl (C=O) groups is 1. The highest BCUT2D eigenvalue weighted by molar-refractivity contribution is 6.30. The minimum absolute atomic E-state index is 0.00513. The SMILES string of the molecule is Cc1ncc(C(=O)N2CCC(Oc3ccc(Cl)cc3)CC2)[nH]1. The van der Waals surface area contributed by atoms with Crippen molar-refractivity contribution in [2.24, 2.45) is 0 Å². The normalized spacial score (nSPS) is 15.8. The number of aromatic amines is 1. The molecule has 1 N–H and O–H groups in total. The molecule has 0 saturated carbocycles. The van der Waals surface area contributed by atoms with E-state index < -0.39 is 0 Å². The average molecular weight is 320 g/mol. The van der Waals surface area contributed by atoms with Gasteiger partial charge in [-0.1, -0.05) is 11.6 Å². The lowest BCUT2D eigenvalue weighted by molar-refractivity contribution is 0.0590. The van der Waals surface area contributed by atoms with Crippen molar-refractivity contribution in [2.45, 2.75) is 25.9 Å². The summed E-state index contributed by atoms with van der Waals surface area (Å²) in [5, 5.41) is 0.697. The van der Waals surface area contributed by atoms with Crippen LogP contribution in [0.3, 0.4) is 0 Å². The molecule has 0 unspecified atom stereocenters. The molecule has 0 atom stereocenters. The molecule has 2 heterocycles. The third-order valence-corrected chi connectivity index (χ3v) is 4.03. The van der Waals surface area contributed by atoms with Gasteiger partial charge in [-0.15, -0.1) is 0 Å². The molecule has 22 heavy (non-hydrogen) atoms. The molecule has 0 spiro atoms. The van der Waals surface area contributed by atoms with E-state index in [0.29, 0.717) is 23.8 Å². The first-order valence-corrected chi connectivity index (χ1v) is 7.73. The Hall–Kier alpha value is -2.01. The van der Waals surface area contributed by atoms with Crippen LogP contribution in [0.1, 0.15) is 29.2 Å². The Balaban J connectivity index is 1.54. The van der Waals surface area contributed by atoms with E-state index in [9.17, 15) is 4.79 Å². The highest BCUT2D eigenvalue weighted by atomic mass is 35.5. The number of nitrogens with zero attached hydrogens (tertiary/aromatic N) is 2. The molecule has 1 fully saturated rings. The molecule has 1 aliphatic rings. The molecule has 2 aromatic rings. The molecule has 5 nitrogen and oxygen atoms in total. The van der Waals surface area contributed by atoms with Crippen molar-refractivity contribution in [1.82, 2.24) is 14.9 Å². The monoisotopic (exact) mass is 319 g/mol. The van der Waals surface area contributed by atoms with Crippen LogP contribution in [0.5, 0.6) is 5.75 Å². The van der Waals surface area contributed by atoms with Gasteiger partial charge in [0.25, 0.3) is 5.91 Å². The molecule has 1 aromatic carbocycles. The second kappa shape index (κ2) is 6.40. The maximum absolute atomic E-state index is 12.3. The van der Waals surface area contributed by atoms with E-state index in [0.717, 1.165) is 24.4 Å². The first kappa shape index (κ1) is 14.9. The van der Waals surface area contributed by atoms with Gasteiger partial charge in [0.2, 0.25) is 0 Å². The maximum atomic E-state index is 12.3. The zero-order valence-corrected chi connectivity index (χ0v) is 13.1. The van der Waals surface area contributed by atoms with Gasteiger partial charge in [-0.25, -0.2) is 4.98 Å². The summed E-state index contributed by atoms with van der Waals surface area (Å²) in [4.78, 5) is 21.2. The van der Waals surface area contributed by atoms with Crippen LogP contribution < -0.4 is 4.74 Å². The minimum Gasteiger partial charge on any atom is -0.490 e. The van der Waals surface area contributed by atoms with Crippen LogP contribution in [-0.4, -0.2) is 40.0 Å². The van der Waals surface area contributed by atoms with Crippen LogP contribution in [0, 0.1) is 6.92 Å². The second-order valence-electron chi connectivity index (χ2n) is 5.45. The predicted octanol–water partition coefficient (Wildman–Crippen LogP) is 3.06. The number of imidazole rings is 1. The standard InChI is InChI=1S/C16H18ClN3O2/c1-11-18-10-15(19-11)16(21)20-8-6-14(7-9-20)22-13-4-2-12(17)3-5-13/h2-5,10,14H,6-9H2,1H3,(H,18,19). The fourth-order valence-corrected chi connectivity index (χ4v) is 2.71. The van der Waals surface area contributed by atoms with Crippen LogP contribution >= 0.6 is 11.6 Å². The molecule has 0 bridgehead atoms. The quantitative estimate of drug-likeness (QED) is 0.946. The van der Waals surface area contributed by atoms with Gasteiger partial charge in [0.05, 0.1) is 6.20 Å². The van der Waals surface area contributed by atoms with Gasteiger partial charge in [-0.05, 0) is 31.2 Å². The van der Waals surface area contributed by atoms with E-state index in [1.165, 1.54) is 0 Å². The highest BCUT2D eigenvalue weighted by Crippen LogP contribution is 2.21. The molecule has 0 aliphatic carbocycles. The molecule has 1 aromatic heterocycles. The summed E-state index contributed by atoms with van der Waals surface area (Å²) in [6.07, 6.45) is 3.37. The lowest BCUT2D eigenvalue weighted by Crippen LogP contribution is -2.41. The van der Waals surface area contributed by atoms with E-state index >= 15 is 0 Å². The number of ether oxygens (including phenoxy) is 1. The smallest absolute Gasteiger partial charge is 0.271 e. The molecule has 116 valence electrons. The number of piperidine rings is 1. The summed E-state index contributed by atoms with van der Waals surface area (Å²) in [7, 11) is 0. The number of halogens is 1. The number of rotatable bonds is 3. The van der Waals surface area contributed by atoms with Crippen LogP contribution in [0.4, 0.5) is 0 Å². The summed E-state index contributed by atoms with van der Waals surface area (Å²) < 4.78 is 5.93. The molecule has 1 saturated heterocycles. The Morgan fingerprint density at radius 2 is 2.00 bits per heavy atom. The van der Waals surface area contributed by atoms with Gasteiger partial charge in [0.15, 0.2) is 0 Å². The minimum atomic E-state index is 0.00513. The fraction of sp³-hybridized carbons (Fsp3) is 0.375. The van der Waals surface area contributed by atoms with Crippen molar-refractivity contribution in [3.63, 3.8) is 0 Å². The van der Waals surface area contributed by atoms with E-state index in [-0.39, 0.29) is 12.0 Å². The summed E-state index contributed by atoms with van der Waals surface area (Å²) in [6, 6.07) is 7.37. The third kappa shape index (κ3) is 3.42. The van der Waals surface area contributed by atoms with Gasteiger partial charge < -0.3 is 14.6 Å². The fourth-order valence-electron chi connectivity index (χ4n) is 2.58. The van der Waals surface area contributed by atoms with Crippen LogP contribution in [-0.2, 0) is 0 Å². The van der Waals surface area contributed by atoms with Crippen molar-refractivity contribution in [3.05, 3.63) is 47.0 Å². The van der Waals surface area contributed by atoms with Crippen molar-refractivity contribution in [1.29, 1.82) is 0 Å². The molecular formula is C16H18ClN3O2. The number of H-pyrrole nitrogens is 1. The van der Waals surface area contributed by atoms with Crippen molar-refractivity contribution in [3.8, 4) is 5.75 Å². The Morgan fingerprint density at radius 1 is 1.32 bits per heavy atom. The second-order valence-corrected chi connectivity index (χ2v) is 5.88. The summed E-state index contributed by atoms with van der Waals surface area (Å²) >= 11 is 5.86. The van der Waals surface area contributed by atoms with Gasteiger partial charge in [0.1, 0.15) is 23.4 Å². The van der Waals surface area contributed by atoms with E-state index in [1.807, 2.05) is 36.1 Å². The van der Waals surface area contributed by atoms with E-state index in [4.69, 9.17) is 16.3 Å². The van der Waals surface area contributed by atoms with Gasteiger partial charge in [0, 0.05) is 31.0 Å². The van der Waals surface area contributed by atoms with Gasteiger partial charge in [-0.2, -0.15) is 0 Å². The molecular weight excluding hydrogens is 302 g/mol. The first-order valence-electron chi connectivity index (χ1n) is 7.35. The van der Waals surface area contributed by atoms with Crippen LogP contribution in [0.2, 0.25) is 5.02 Å². The van der Waals surface area contributed by atoms with Crippen LogP contribution in [0.15, 0.2) is 30.5 Å². The molecule has 6 heteroatoms. The van der Waals surface area contributed by atoms with Gasteiger partial charge in [-0.3, -0.25) is 4.79 Å². The summed E-state index contributed by atoms with van der Waals surface area (Å²) in [5.41, 5.74) is 0.551. The molecule has 0 radical (unpaired) electrons. The van der Waals surface area contributed by atoms with E-state index in [2.05, 4.69) is 9.97 Å². The lowest BCUT2D eigenvalue weighted by atomic mass is 10.1. The number of aryl methyl sites for hydroxylation is 1. The van der Waals surface area contributed by atoms with Gasteiger partial charge >= 0.3 is 0 Å². The predicted molar refractivity (Wildman–Crippen MR) is 84.3 cm³/mol. The topological polar surface area (TPSA) is 58.2 Å². The van der Waals surface area contributed by atoms with Crippen molar-refractivity contribution < 1.29 is 9.53 Å². The Labute approximate surface area is 134 Å². The number of hydrogen-bond donors (Lipinski definition) is 1. The number of carbonyl (C=O) groups excluding carboxylic acids is 1. The number of hydrogen-bond acceptors (Lipinski definition) is 3. The number of amides is 1. The summed E-state index contributed by atoms with van der Waals surface area (Å²) in [5.74, 6) is 1.58. The maximum Gasteiger partial charge on any atom is 0.271 e. The average Bonchev–Trinajstić information content (AvgIpc) is 2.96. The number of likely N-dealkylation sites (tertiary alicyclic amines) is 1. The van der Waals surface area contributed by atoms with Crippen molar-refractivity contribution in [2.75, 3.05) is 13.1 Å². The molecule has 1 amide bonds. The number of nitrogens with one attached hydrogen (secondary N) is 1. The first-order chi connectivity index (χ1) is 10.6. The van der Waals surface area contributed by atoms with Crippen LogP contribution in [0.25, 0.3) is 0 Å². The van der Waals surface area contributed by atoms with E-state index in [1.54, 1.807) is 6.20 Å². The highest BCUT2D eigenvalue weighted by Gasteiger charge is 2.25. The Kier molecular flexibility index (Phi) is 4.34. The molecule has 3 rings (SSSR count). The Bertz CT molecular complexity index is 646. The van der Waals surface area contributed by atoms with Crippen molar-refractivity contribution >= 4 is 17.5 Å². The lowest BCUT2D eigenvalue weighted by Gasteiger charge is -2.31. The zero-order chi connectivity index (χ0) is 15.5. The number of benzene rings is 1. The molecule has 1 aliphatic heterocycles. The zero-order valence-electron chi connectivity index (χ0n) is 12.4. The summed E-state index contributed by atoms with van der Waals surface area (Å²) in [6.45, 7) is 3.22. The largest absolute Gasteiger partial charge is 0.490 e. The third-order valence-electron chi connectivity index (χ3n) is 3.78. The Morgan fingerprint density at radius 3 is 2.59 bits per heavy atom.